The minimum atomic E-state index is -4.51. The van der Waals surface area contributed by atoms with Crippen molar-refractivity contribution in [3.63, 3.8) is 0 Å². The zero-order chi connectivity index (χ0) is 19.7. The van der Waals surface area contributed by atoms with E-state index < -0.39 is 41.3 Å². The second-order valence-corrected chi connectivity index (χ2v) is 7.45. The molecule has 5 unspecified atom stereocenters. The summed E-state index contributed by atoms with van der Waals surface area (Å²) in [6.45, 7) is 5.65. The smallest absolute Gasteiger partial charge is 0.272 e. The van der Waals surface area contributed by atoms with E-state index in [2.05, 4.69) is 12.0 Å². The average molecular weight is 378 g/mol. The number of allylic oxidation sites excluding steroid dienone is 1. The maximum atomic E-state index is 12.7. The number of hydrogen-bond donors (Lipinski definition) is 1. The maximum Gasteiger partial charge on any atom is 0.416 e. The Labute approximate surface area is 153 Å². The Bertz CT molecular complexity index is 862. The van der Waals surface area contributed by atoms with Crippen molar-refractivity contribution in [2.24, 2.45) is 29.6 Å². The summed E-state index contributed by atoms with van der Waals surface area (Å²) in [6.07, 6.45) is -3.52. The fourth-order valence-corrected chi connectivity index (χ4v) is 4.32. The van der Waals surface area contributed by atoms with Crippen LogP contribution in [0.1, 0.15) is 29.3 Å². The lowest BCUT2D eigenvalue weighted by Crippen LogP contribution is -2.47. The van der Waals surface area contributed by atoms with Gasteiger partial charge in [0.15, 0.2) is 0 Å². The first-order valence-corrected chi connectivity index (χ1v) is 8.66. The number of amides is 3. The summed E-state index contributed by atoms with van der Waals surface area (Å²) in [5, 5.41) is 0.707. The van der Waals surface area contributed by atoms with Gasteiger partial charge in [0.1, 0.15) is 0 Å². The quantitative estimate of drug-likeness (QED) is 0.650. The number of benzene rings is 1. The summed E-state index contributed by atoms with van der Waals surface area (Å²) in [5.74, 6) is -2.10. The van der Waals surface area contributed by atoms with Crippen LogP contribution in [0.3, 0.4) is 0 Å². The van der Waals surface area contributed by atoms with Gasteiger partial charge < -0.3 is 0 Å². The van der Waals surface area contributed by atoms with E-state index in [1.165, 1.54) is 0 Å². The lowest BCUT2D eigenvalue weighted by atomic mass is 9.69. The molecule has 8 heteroatoms. The van der Waals surface area contributed by atoms with E-state index in [-0.39, 0.29) is 11.5 Å². The van der Waals surface area contributed by atoms with Crippen LogP contribution in [0.15, 0.2) is 36.4 Å². The first-order chi connectivity index (χ1) is 12.6. The lowest BCUT2D eigenvalue weighted by Gasteiger charge is -2.33. The second-order valence-electron chi connectivity index (χ2n) is 7.45. The number of rotatable bonds is 3. The van der Waals surface area contributed by atoms with E-state index in [9.17, 15) is 27.6 Å². The monoisotopic (exact) mass is 378 g/mol. The summed E-state index contributed by atoms with van der Waals surface area (Å²) in [6, 6.07) is 3.57. The van der Waals surface area contributed by atoms with Crippen LogP contribution in [0, 0.1) is 29.6 Å². The third-order valence-electron chi connectivity index (χ3n) is 5.93. The highest BCUT2D eigenvalue weighted by Crippen LogP contribution is 2.66. The van der Waals surface area contributed by atoms with Crippen LogP contribution in [0.25, 0.3) is 0 Å². The van der Waals surface area contributed by atoms with Crippen molar-refractivity contribution in [1.29, 1.82) is 0 Å². The van der Waals surface area contributed by atoms with Gasteiger partial charge in [-0.05, 0) is 48.4 Å². The summed E-state index contributed by atoms with van der Waals surface area (Å²) < 4.78 is 37.8. The van der Waals surface area contributed by atoms with Crippen molar-refractivity contribution in [3.8, 4) is 0 Å². The molecular weight excluding hydrogens is 361 g/mol. The molecule has 0 radical (unpaired) electrons. The topological polar surface area (TPSA) is 66.5 Å². The van der Waals surface area contributed by atoms with E-state index >= 15 is 0 Å². The fourth-order valence-electron chi connectivity index (χ4n) is 4.32. The van der Waals surface area contributed by atoms with Gasteiger partial charge >= 0.3 is 6.18 Å². The fraction of sp³-hybridized carbons (Fsp3) is 0.421. The van der Waals surface area contributed by atoms with Gasteiger partial charge in [0, 0.05) is 11.5 Å². The molecule has 3 aliphatic rings. The molecule has 2 saturated carbocycles. The van der Waals surface area contributed by atoms with Crippen LogP contribution in [0.5, 0.6) is 0 Å². The molecule has 27 heavy (non-hydrogen) atoms. The predicted molar refractivity (Wildman–Crippen MR) is 87.6 cm³/mol. The molecule has 0 spiro atoms. The number of halogens is 3. The molecule has 1 aromatic carbocycles. The Balaban J connectivity index is 1.48. The second kappa shape index (κ2) is 5.68. The van der Waals surface area contributed by atoms with Gasteiger partial charge in [0.25, 0.3) is 17.7 Å². The van der Waals surface area contributed by atoms with Crippen LogP contribution in [-0.2, 0) is 15.8 Å². The van der Waals surface area contributed by atoms with Crippen molar-refractivity contribution >= 4 is 17.7 Å². The molecular formula is C19H17F3N2O3. The van der Waals surface area contributed by atoms with Gasteiger partial charge in [-0.1, -0.05) is 19.1 Å². The van der Waals surface area contributed by atoms with E-state index in [0.717, 1.165) is 36.3 Å². The zero-order valence-electron chi connectivity index (χ0n) is 14.4. The van der Waals surface area contributed by atoms with Gasteiger partial charge in [-0.3, -0.25) is 19.8 Å². The van der Waals surface area contributed by atoms with Crippen molar-refractivity contribution in [2.75, 3.05) is 0 Å². The molecule has 1 aromatic rings. The van der Waals surface area contributed by atoms with Gasteiger partial charge in [0.2, 0.25) is 0 Å². The number of hydrogen-bond acceptors (Lipinski definition) is 3. The molecule has 142 valence electrons. The normalized spacial score (nSPS) is 32.2. The van der Waals surface area contributed by atoms with E-state index in [1.54, 1.807) is 6.92 Å². The Morgan fingerprint density at radius 3 is 2.30 bits per heavy atom. The minimum Gasteiger partial charge on any atom is -0.272 e. The first kappa shape index (κ1) is 17.8. The third-order valence-corrected chi connectivity index (χ3v) is 5.93. The summed E-state index contributed by atoms with van der Waals surface area (Å²) in [5.41, 5.74) is 2.28. The number of nitrogens with zero attached hydrogens (tertiary/aromatic N) is 1. The molecule has 5 nitrogen and oxygen atoms in total. The Kier molecular flexibility index (Phi) is 3.73. The lowest BCUT2D eigenvalue weighted by molar-refractivity contribution is -0.143. The largest absolute Gasteiger partial charge is 0.416 e. The Morgan fingerprint density at radius 1 is 1.15 bits per heavy atom. The molecule has 0 aromatic heterocycles. The number of alkyl halides is 3. The summed E-state index contributed by atoms with van der Waals surface area (Å²) in [7, 11) is 0. The Hall–Kier alpha value is -2.64. The SMILES string of the molecule is C=C1C2CC2C1C1C(=O)N(NC(=O)c2ccc(C(F)(F)F)cc2)C(=O)C1C. The molecule has 5 atom stereocenters. The summed E-state index contributed by atoms with van der Waals surface area (Å²) in [4.78, 5) is 37.5. The molecule has 3 amide bonds. The molecule has 3 fully saturated rings. The van der Waals surface area contributed by atoms with Gasteiger partial charge in [-0.2, -0.15) is 18.2 Å². The van der Waals surface area contributed by atoms with E-state index in [0.29, 0.717) is 16.8 Å². The van der Waals surface area contributed by atoms with E-state index in [4.69, 9.17) is 0 Å². The van der Waals surface area contributed by atoms with Crippen LogP contribution in [0.2, 0.25) is 0 Å². The van der Waals surface area contributed by atoms with Crippen LogP contribution >= 0.6 is 0 Å². The highest BCUT2D eigenvalue weighted by atomic mass is 19.4. The third kappa shape index (κ3) is 2.65. The summed E-state index contributed by atoms with van der Waals surface area (Å²) >= 11 is 0. The molecule has 1 heterocycles. The highest BCUT2D eigenvalue weighted by Gasteiger charge is 2.64. The van der Waals surface area contributed by atoms with Gasteiger partial charge in [0.05, 0.1) is 11.5 Å². The zero-order valence-corrected chi connectivity index (χ0v) is 14.4. The number of imide groups is 1. The molecule has 1 saturated heterocycles. The number of carbonyl (C=O) groups is 3. The molecule has 1 N–H and O–H groups in total. The standard InChI is InChI=1S/C19H17F3N2O3/c1-8-12-7-13(12)14(8)15-9(2)17(26)24(18(15)27)23-16(25)10-3-5-11(6-4-10)19(20,21)22/h3-6,9,12-15H,1,7H2,2H3,(H,23,25). The number of nitrogens with one attached hydrogen (secondary N) is 1. The molecule has 0 bridgehead atoms. The number of hydrazine groups is 1. The molecule has 2 aliphatic carbocycles. The number of fused-ring (bicyclic) bond motifs is 1. The highest BCUT2D eigenvalue weighted by molar-refractivity contribution is 6.08. The van der Waals surface area contributed by atoms with Gasteiger partial charge in [-0.15, -0.1) is 0 Å². The van der Waals surface area contributed by atoms with Crippen molar-refractivity contribution in [2.45, 2.75) is 19.5 Å². The molecule has 1 aliphatic heterocycles. The van der Waals surface area contributed by atoms with Crippen LogP contribution < -0.4 is 5.43 Å². The predicted octanol–water partition coefficient (Wildman–Crippen LogP) is 2.79. The van der Waals surface area contributed by atoms with E-state index in [1.807, 2.05) is 0 Å². The average Bonchev–Trinajstić information content (AvgIpc) is 3.32. The van der Waals surface area contributed by atoms with Crippen LogP contribution in [0.4, 0.5) is 13.2 Å². The van der Waals surface area contributed by atoms with Crippen molar-refractivity contribution in [1.82, 2.24) is 10.4 Å². The number of carbonyl (C=O) groups excluding carboxylic acids is 3. The van der Waals surface area contributed by atoms with Crippen molar-refractivity contribution in [3.05, 3.63) is 47.5 Å². The van der Waals surface area contributed by atoms with Crippen LogP contribution in [-0.4, -0.2) is 22.7 Å². The Morgan fingerprint density at radius 2 is 1.78 bits per heavy atom. The van der Waals surface area contributed by atoms with Crippen molar-refractivity contribution < 1.29 is 27.6 Å². The van der Waals surface area contributed by atoms with Gasteiger partial charge in [-0.25, -0.2) is 0 Å². The molecule has 4 rings (SSSR count). The first-order valence-electron chi connectivity index (χ1n) is 8.66. The maximum absolute atomic E-state index is 12.7. The minimum absolute atomic E-state index is 0.0329.